The summed E-state index contributed by atoms with van der Waals surface area (Å²) in [4.78, 5) is 17.6. The number of hydrogen-bond donors (Lipinski definition) is 1. The summed E-state index contributed by atoms with van der Waals surface area (Å²) in [5, 5.41) is 18.9. The van der Waals surface area contributed by atoms with Gasteiger partial charge < -0.3 is 5.73 Å². The van der Waals surface area contributed by atoms with Crippen molar-refractivity contribution >= 4 is 22.5 Å². The Balaban J connectivity index is 2.48. The van der Waals surface area contributed by atoms with Crippen molar-refractivity contribution in [2.75, 3.05) is 0 Å². The van der Waals surface area contributed by atoms with Gasteiger partial charge in [0.15, 0.2) is 0 Å². The molecule has 0 aliphatic heterocycles. The lowest BCUT2D eigenvalue weighted by molar-refractivity contribution is 0.696. The molecule has 2 aromatic carbocycles. The molecule has 0 spiro atoms. The molecule has 1 aromatic heterocycles. The molecule has 0 saturated carbocycles. The molecule has 7 heteroatoms. The molecule has 1 atom stereocenters. The summed E-state index contributed by atoms with van der Waals surface area (Å²) in [5.41, 5.74) is 6.92. The van der Waals surface area contributed by atoms with Crippen molar-refractivity contribution in [1.82, 2.24) is 9.55 Å². The minimum absolute atomic E-state index is 0.259. The summed E-state index contributed by atoms with van der Waals surface area (Å²) >= 11 is 6.18. The third-order valence-corrected chi connectivity index (χ3v) is 4.03. The van der Waals surface area contributed by atoms with Crippen LogP contribution in [0, 0.1) is 22.7 Å². The normalized spacial score (nSPS) is 11.7. The van der Waals surface area contributed by atoms with Gasteiger partial charge in [0.25, 0.3) is 5.56 Å². The van der Waals surface area contributed by atoms with Crippen LogP contribution in [0.25, 0.3) is 16.6 Å². The van der Waals surface area contributed by atoms with Crippen molar-refractivity contribution in [3.8, 4) is 17.8 Å². The van der Waals surface area contributed by atoms with Crippen molar-refractivity contribution in [1.29, 1.82) is 10.5 Å². The fourth-order valence-electron chi connectivity index (χ4n) is 2.63. The van der Waals surface area contributed by atoms with E-state index in [4.69, 9.17) is 17.3 Å². The minimum atomic E-state index is -0.549. The summed E-state index contributed by atoms with van der Waals surface area (Å²) in [6.07, 6.45) is 0. The topological polar surface area (TPSA) is 108 Å². The Hall–Kier alpha value is -3.19. The average molecular weight is 350 g/mol. The van der Waals surface area contributed by atoms with Crippen molar-refractivity contribution in [2.24, 2.45) is 5.73 Å². The van der Waals surface area contributed by atoms with Crippen LogP contribution in [0.5, 0.6) is 0 Å². The second-order valence-corrected chi connectivity index (χ2v) is 5.93. The Morgan fingerprint density at radius 3 is 2.40 bits per heavy atom. The molecule has 0 bridgehead atoms. The molecule has 0 radical (unpaired) electrons. The molecule has 0 amide bonds. The molecule has 25 heavy (non-hydrogen) atoms. The highest BCUT2D eigenvalue weighted by molar-refractivity contribution is 6.35. The fraction of sp³-hybridized carbons (Fsp3) is 0.111. The lowest BCUT2D eigenvalue weighted by atomic mass is 10.1. The first-order valence-electron chi connectivity index (χ1n) is 7.38. The highest BCUT2D eigenvalue weighted by atomic mass is 35.5. The smallest absolute Gasteiger partial charge is 0.267 e. The van der Waals surface area contributed by atoms with Gasteiger partial charge in [-0.2, -0.15) is 10.5 Å². The summed E-state index contributed by atoms with van der Waals surface area (Å²) in [7, 11) is 0. The van der Waals surface area contributed by atoms with Crippen LogP contribution in [-0.2, 0) is 0 Å². The predicted octanol–water partition coefficient (Wildman–Crippen LogP) is 2.80. The van der Waals surface area contributed by atoms with Crippen molar-refractivity contribution < 1.29 is 0 Å². The maximum atomic E-state index is 13.1. The van der Waals surface area contributed by atoms with E-state index in [2.05, 4.69) is 4.98 Å². The third-order valence-electron chi connectivity index (χ3n) is 3.71. The summed E-state index contributed by atoms with van der Waals surface area (Å²) in [5.74, 6) is 0.318. The van der Waals surface area contributed by atoms with Crippen molar-refractivity contribution in [3.05, 3.63) is 68.7 Å². The molecule has 6 nitrogen and oxygen atoms in total. The lowest BCUT2D eigenvalue weighted by Gasteiger charge is -2.16. The van der Waals surface area contributed by atoms with Crippen molar-refractivity contribution in [3.63, 3.8) is 0 Å². The molecular formula is C18H12ClN5O. The Labute approximate surface area is 148 Å². The highest BCUT2D eigenvalue weighted by Crippen LogP contribution is 2.23. The molecule has 1 unspecified atom stereocenters. The molecule has 1 heterocycles. The zero-order chi connectivity index (χ0) is 18.1. The average Bonchev–Trinajstić information content (AvgIpc) is 2.60. The van der Waals surface area contributed by atoms with E-state index in [-0.39, 0.29) is 21.5 Å². The Morgan fingerprint density at radius 2 is 1.84 bits per heavy atom. The number of fused-ring (bicyclic) bond motifs is 1. The van der Waals surface area contributed by atoms with E-state index in [1.165, 1.54) is 22.8 Å². The van der Waals surface area contributed by atoms with E-state index in [0.29, 0.717) is 17.0 Å². The highest BCUT2D eigenvalue weighted by Gasteiger charge is 2.18. The van der Waals surface area contributed by atoms with Crippen LogP contribution in [-0.4, -0.2) is 9.55 Å². The third kappa shape index (κ3) is 2.85. The van der Waals surface area contributed by atoms with Crippen molar-refractivity contribution in [2.45, 2.75) is 13.0 Å². The van der Waals surface area contributed by atoms with Crippen LogP contribution in [0.2, 0.25) is 5.02 Å². The molecule has 0 saturated heterocycles. The van der Waals surface area contributed by atoms with Gasteiger partial charge >= 0.3 is 0 Å². The lowest BCUT2D eigenvalue weighted by Crippen LogP contribution is -2.27. The summed E-state index contributed by atoms with van der Waals surface area (Å²) in [6.45, 7) is 1.70. The zero-order valence-corrected chi connectivity index (χ0v) is 13.9. The second kappa shape index (κ2) is 6.37. The molecule has 3 aromatic rings. The van der Waals surface area contributed by atoms with Gasteiger partial charge in [0.1, 0.15) is 5.82 Å². The van der Waals surface area contributed by atoms with Gasteiger partial charge in [0, 0.05) is 0 Å². The van der Waals surface area contributed by atoms with E-state index in [0.717, 1.165) is 0 Å². The van der Waals surface area contributed by atoms with E-state index in [9.17, 15) is 15.3 Å². The molecule has 0 aliphatic carbocycles. The first-order chi connectivity index (χ1) is 12.0. The predicted molar refractivity (Wildman–Crippen MR) is 94.4 cm³/mol. The molecule has 3 rings (SSSR count). The fourth-order valence-corrected chi connectivity index (χ4v) is 2.88. The van der Waals surface area contributed by atoms with Crippen LogP contribution in [0.3, 0.4) is 0 Å². The Kier molecular flexibility index (Phi) is 4.24. The maximum absolute atomic E-state index is 13.1. The van der Waals surface area contributed by atoms with Crippen LogP contribution < -0.4 is 11.3 Å². The monoisotopic (exact) mass is 349 g/mol. The summed E-state index contributed by atoms with van der Waals surface area (Å²) in [6, 6.07) is 12.9. The van der Waals surface area contributed by atoms with E-state index < -0.39 is 11.6 Å². The number of halogens is 1. The zero-order valence-electron chi connectivity index (χ0n) is 13.2. The number of rotatable bonds is 2. The molecule has 0 fully saturated rings. The largest absolute Gasteiger partial charge is 0.322 e. The maximum Gasteiger partial charge on any atom is 0.267 e. The van der Waals surface area contributed by atoms with Gasteiger partial charge in [-0.25, -0.2) is 4.98 Å². The first-order valence-corrected chi connectivity index (χ1v) is 7.76. The van der Waals surface area contributed by atoms with E-state index >= 15 is 0 Å². The Morgan fingerprint density at radius 1 is 1.20 bits per heavy atom. The van der Waals surface area contributed by atoms with Crippen LogP contribution in [0.1, 0.15) is 29.9 Å². The Bertz CT molecular complexity index is 1100. The summed E-state index contributed by atoms with van der Waals surface area (Å²) < 4.78 is 1.31. The number of nitrogens with two attached hydrogens (primary N) is 1. The molecule has 122 valence electrons. The van der Waals surface area contributed by atoms with Gasteiger partial charge in [-0.1, -0.05) is 17.7 Å². The van der Waals surface area contributed by atoms with Crippen LogP contribution in [0.4, 0.5) is 0 Å². The minimum Gasteiger partial charge on any atom is -0.322 e. The SMILES string of the molecule is CC(N)c1nc2cccc(Cl)c2c(=O)n1-c1cc(C#N)cc(C#N)c1. The molecular weight excluding hydrogens is 338 g/mol. The van der Waals surface area contributed by atoms with E-state index in [1.54, 1.807) is 25.1 Å². The quantitative estimate of drug-likeness (QED) is 0.765. The molecule has 0 aliphatic rings. The van der Waals surface area contributed by atoms with Crippen LogP contribution in [0.15, 0.2) is 41.2 Å². The first kappa shape index (κ1) is 16.7. The van der Waals surface area contributed by atoms with Gasteiger partial charge in [-0.05, 0) is 37.3 Å². The second-order valence-electron chi connectivity index (χ2n) is 5.53. The van der Waals surface area contributed by atoms with E-state index in [1.807, 2.05) is 12.1 Å². The van der Waals surface area contributed by atoms with Gasteiger partial charge in [-0.3, -0.25) is 9.36 Å². The molecule has 2 N–H and O–H groups in total. The number of hydrogen-bond acceptors (Lipinski definition) is 5. The number of nitrogens with zero attached hydrogens (tertiary/aromatic N) is 4. The number of nitriles is 2. The standard InChI is InChI=1S/C18H12ClN5O/c1-10(22)17-23-15-4-2-3-14(19)16(15)18(25)24(17)13-6-11(8-20)5-12(7-13)9-21/h2-7,10H,22H2,1H3. The van der Waals surface area contributed by atoms with Gasteiger partial charge in [-0.15, -0.1) is 0 Å². The number of benzene rings is 2. The number of aromatic nitrogens is 2. The van der Waals surface area contributed by atoms with Crippen LogP contribution >= 0.6 is 11.6 Å². The van der Waals surface area contributed by atoms with Gasteiger partial charge in [0.05, 0.1) is 50.9 Å². The van der Waals surface area contributed by atoms with Gasteiger partial charge in [0.2, 0.25) is 0 Å².